The van der Waals surface area contributed by atoms with E-state index in [0.29, 0.717) is 0 Å². The second-order valence-corrected chi connectivity index (χ2v) is 15.5. The molecule has 0 saturated carbocycles. The minimum absolute atomic E-state index is 0.893. The van der Waals surface area contributed by atoms with Gasteiger partial charge in [-0.3, -0.25) is 0 Å². The summed E-state index contributed by atoms with van der Waals surface area (Å²) in [4.78, 5) is 0. The summed E-state index contributed by atoms with van der Waals surface area (Å²) >= 11 is 0. The molecule has 0 bridgehead atoms. The molecule has 2 heterocycles. The fourth-order valence-electron chi connectivity index (χ4n) is 9.84. The molecular formula is C56H32O2. The Bertz CT molecular complexity index is 3650. The summed E-state index contributed by atoms with van der Waals surface area (Å²) in [6, 6.07) is 70.4. The van der Waals surface area contributed by atoms with E-state index < -0.39 is 0 Å². The normalized spacial score (nSPS) is 12.1. The molecule has 2 aromatic heterocycles. The first-order valence-corrected chi connectivity index (χ1v) is 19.9. The molecule has 58 heavy (non-hydrogen) atoms. The molecule has 11 aromatic carbocycles. The second kappa shape index (κ2) is 11.9. The van der Waals surface area contributed by atoms with Gasteiger partial charge in [-0.2, -0.15) is 0 Å². The van der Waals surface area contributed by atoms with E-state index in [1.165, 1.54) is 65.0 Å². The minimum atomic E-state index is 0.893. The number of hydrogen-bond donors (Lipinski definition) is 0. The fourth-order valence-corrected chi connectivity index (χ4v) is 9.84. The monoisotopic (exact) mass is 736 g/mol. The molecule has 0 unspecified atom stereocenters. The molecule has 0 spiro atoms. The standard InChI is InChI=1S/C56H32O2/c1-2-14-34-29-37(28-27-33(34)13-1)52-42-21-11-23-44(53-38-17-5-3-15-35(38)30-48-40-19-7-9-25-50(40)57-55(48)53)46(42)32-47-43(52)22-12-24-45(47)54-39-18-6-4-16-36(39)31-49-41-20-8-10-26-51(41)58-56(49)54/h1-32H. The van der Waals surface area contributed by atoms with Crippen molar-refractivity contribution in [2.75, 3.05) is 0 Å². The van der Waals surface area contributed by atoms with E-state index >= 15 is 0 Å². The van der Waals surface area contributed by atoms with Crippen molar-refractivity contribution in [1.29, 1.82) is 0 Å². The Morgan fingerprint density at radius 3 is 1.24 bits per heavy atom. The Morgan fingerprint density at radius 2 is 0.690 bits per heavy atom. The van der Waals surface area contributed by atoms with Crippen LogP contribution in [0.3, 0.4) is 0 Å². The molecule has 0 radical (unpaired) electrons. The zero-order chi connectivity index (χ0) is 37.9. The molecule has 0 fully saturated rings. The highest BCUT2D eigenvalue weighted by molar-refractivity contribution is 6.27. The first-order valence-electron chi connectivity index (χ1n) is 19.9. The molecule has 0 aliphatic rings. The summed E-state index contributed by atoms with van der Waals surface area (Å²) in [5.41, 5.74) is 10.5. The van der Waals surface area contributed by atoms with Crippen LogP contribution in [-0.4, -0.2) is 0 Å². The van der Waals surface area contributed by atoms with Crippen LogP contribution in [0.1, 0.15) is 0 Å². The van der Waals surface area contributed by atoms with Crippen LogP contribution < -0.4 is 0 Å². The minimum Gasteiger partial charge on any atom is -0.455 e. The molecule has 2 nitrogen and oxygen atoms in total. The van der Waals surface area contributed by atoms with Crippen molar-refractivity contribution in [2.45, 2.75) is 0 Å². The van der Waals surface area contributed by atoms with Crippen LogP contribution in [0.4, 0.5) is 0 Å². The van der Waals surface area contributed by atoms with E-state index in [9.17, 15) is 0 Å². The lowest BCUT2D eigenvalue weighted by atomic mass is 9.84. The Kier molecular flexibility index (Phi) is 6.47. The van der Waals surface area contributed by atoms with Crippen molar-refractivity contribution in [3.63, 3.8) is 0 Å². The van der Waals surface area contributed by atoms with Gasteiger partial charge in [-0.05, 0) is 113 Å². The highest BCUT2D eigenvalue weighted by Gasteiger charge is 2.23. The largest absolute Gasteiger partial charge is 0.455 e. The molecular weight excluding hydrogens is 705 g/mol. The second-order valence-electron chi connectivity index (χ2n) is 15.5. The maximum atomic E-state index is 6.85. The quantitative estimate of drug-likeness (QED) is 0.169. The van der Waals surface area contributed by atoms with Gasteiger partial charge in [-0.1, -0.05) is 158 Å². The Morgan fingerprint density at radius 1 is 0.241 bits per heavy atom. The third-order valence-electron chi connectivity index (χ3n) is 12.4. The average molecular weight is 737 g/mol. The van der Waals surface area contributed by atoms with Gasteiger partial charge in [0.05, 0.1) is 0 Å². The summed E-state index contributed by atoms with van der Waals surface area (Å²) in [5, 5.41) is 16.4. The van der Waals surface area contributed by atoms with Crippen molar-refractivity contribution in [1.82, 2.24) is 0 Å². The molecule has 268 valence electrons. The third kappa shape index (κ3) is 4.43. The van der Waals surface area contributed by atoms with Gasteiger partial charge >= 0.3 is 0 Å². The molecule has 0 aliphatic heterocycles. The van der Waals surface area contributed by atoms with Crippen LogP contribution in [0.25, 0.3) is 131 Å². The van der Waals surface area contributed by atoms with E-state index in [1.807, 2.05) is 0 Å². The van der Waals surface area contributed by atoms with Crippen molar-refractivity contribution in [3.05, 3.63) is 194 Å². The Labute approximate surface area is 332 Å². The summed E-state index contributed by atoms with van der Waals surface area (Å²) in [7, 11) is 0. The lowest BCUT2D eigenvalue weighted by molar-refractivity contribution is 0.670. The number of benzene rings is 11. The van der Waals surface area contributed by atoms with Gasteiger partial charge in [-0.25, -0.2) is 0 Å². The molecule has 0 N–H and O–H groups in total. The van der Waals surface area contributed by atoms with Gasteiger partial charge in [0.25, 0.3) is 0 Å². The maximum Gasteiger partial charge on any atom is 0.143 e. The smallest absolute Gasteiger partial charge is 0.143 e. The molecule has 0 amide bonds. The summed E-state index contributed by atoms with van der Waals surface area (Å²) in [6.07, 6.45) is 0. The fraction of sp³-hybridized carbons (Fsp3) is 0. The predicted octanol–water partition coefficient (Wildman–Crippen LogP) is 16.3. The van der Waals surface area contributed by atoms with Crippen LogP contribution in [0.5, 0.6) is 0 Å². The van der Waals surface area contributed by atoms with E-state index in [0.717, 1.165) is 66.1 Å². The van der Waals surface area contributed by atoms with E-state index in [-0.39, 0.29) is 0 Å². The van der Waals surface area contributed by atoms with Crippen LogP contribution in [0, 0.1) is 0 Å². The average Bonchev–Trinajstić information content (AvgIpc) is 3.84. The lowest BCUT2D eigenvalue weighted by Gasteiger charge is -2.19. The zero-order valence-electron chi connectivity index (χ0n) is 31.3. The first kappa shape index (κ1) is 31.5. The first-order chi connectivity index (χ1) is 28.8. The number of para-hydroxylation sites is 2. The van der Waals surface area contributed by atoms with Gasteiger partial charge in [0.2, 0.25) is 0 Å². The number of rotatable bonds is 3. The van der Waals surface area contributed by atoms with Crippen molar-refractivity contribution in [2.24, 2.45) is 0 Å². The van der Waals surface area contributed by atoms with Gasteiger partial charge in [-0.15, -0.1) is 0 Å². The van der Waals surface area contributed by atoms with E-state index in [4.69, 9.17) is 8.83 Å². The van der Waals surface area contributed by atoms with Gasteiger partial charge < -0.3 is 8.83 Å². The maximum absolute atomic E-state index is 6.85. The van der Waals surface area contributed by atoms with Crippen molar-refractivity contribution < 1.29 is 8.83 Å². The molecule has 0 saturated heterocycles. The number of fused-ring (bicyclic) bond motifs is 11. The molecule has 0 atom stereocenters. The van der Waals surface area contributed by atoms with Crippen LogP contribution in [0.2, 0.25) is 0 Å². The van der Waals surface area contributed by atoms with Gasteiger partial charge in [0.15, 0.2) is 0 Å². The van der Waals surface area contributed by atoms with Crippen LogP contribution >= 0.6 is 0 Å². The molecule has 2 heteroatoms. The van der Waals surface area contributed by atoms with Crippen molar-refractivity contribution >= 4 is 97.7 Å². The number of furan rings is 2. The topological polar surface area (TPSA) is 26.3 Å². The highest BCUT2D eigenvalue weighted by Crippen LogP contribution is 2.49. The molecule has 13 rings (SSSR count). The Balaban J connectivity index is 1.23. The zero-order valence-corrected chi connectivity index (χ0v) is 31.3. The highest BCUT2D eigenvalue weighted by atomic mass is 16.3. The van der Waals surface area contributed by atoms with Crippen LogP contribution in [0.15, 0.2) is 203 Å². The number of hydrogen-bond acceptors (Lipinski definition) is 2. The van der Waals surface area contributed by atoms with E-state index in [1.54, 1.807) is 0 Å². The van der Waals surface area contributed by atoms with Crippen LogP contribution in [-0.2, 0) is 0 Å². The third-order valence-corrected chi connectivity index (χ3v) is 12.4. The van der Waals surface area contributed by atoms with Gasteiger partial charge in [0, 0.05) is 32.7 Å². The lowest BCUT2D eigenvalue weighted by Crippen LogP contribution is -1.92. The van der Waals surface area contributed by atoms with Crippen molar-refractivity contribution in [3.8, 4) is 33.4 Å². The van der Waals surface area contributed by atoms with E-state index in [2.05, 4.69) is 194 Å². The Hall–Kier alpha value is -7.68. The molecule has 13 aromatic rings. The summed E-state index contributed by atoms with van der Waals surface area (Å²) in [6.45, 7) is 0. The summed E-state index contributed by atoms with van der Waals surface area (Å²) < 4.78 is 13.7. The van der Waals surface area contributed by atoms with Gasteiger partial charge in [0.1, 0.15) is 22.3 Å². The predicted molar refractivity (Wildman–Crippen MR) is 245 cm³/mol. The molecule has 0 aliphatic carbocycles. The SMILES string of the molecule is c1ccc2cc(-c3c4cccc(-c5c6ccccc6cc6c5oc5ccccc56)c4cc4c(-c5c6ccccc6cc6c5oc5ccccc56)cccc34)ccc2c1. The summed E-state index contributed by atoms with van der Waals surface area (Å²) in [5.74, 6) is 0.